The summed E-state index contributed by atoms with van der Waals surface area (Å²) in [6.45, 7) is 7.25. The summed E-state index contributed by atoms with van der Waals surface area (Å²) in [6, 6.07) is 8.27. The van der Waals surface area contributed by atoms with Crippen molar-refractivity contribution in [1.29, 1.82) is 0 Å². The van der Waals surface area contributed by atoms with Crippen LogP contribution in [0.4, 0.5) is 0 Å². The summed E-state index contributed by atoms with van der Waals surface area (Å²) >= 11 is 6.17. The second-order valence-corrected chi connectivity index (χ2v) is 8.07. The Morgan fingerprint density at radius 2 is 2.20 bits per heavy atom. The molecule has 5 heteroatoms. The molecule has 2 fully saturated rings. The van der Waals surface area contributed by atoms with E-state index in [1.165, 1.54) is 44.3 Å². The SMILES string of the molecule is CCNC(=NCC1(c2cccc(Cl)c2)CC1)NCC1CCCN(C)C1. The molecule has 3 rings (SSSR count). The number of rotatable bonds is 6. The van der Waals surface area contributed by atoms with E-state index in [-0.39, 0.29) is 5.41 Å². The molecule has 4 nitrogen and oxygen atoms in total. The minimum atomic E-state index is 0.193. The highest BCUT2D eigenvalue weighted by Crippen LogP contribution is 2.48. The molecule has 0 radical (unpaired) electrons. The highest BCUT2D eigenvalue weighted by Gasteiger charge is 2.44. The van der Waals surface area contributed by atoms with Gasteiger partial charge in [0.15, 0.2) is 5.96 Å². The van der Waals surface area contributed by atoms with Crippen molar-refractivity contribution in [3.05, 3.63) is 34.9 Å². The van der Waals surface area contributed by atoms with Crippen LogP contribution in [0.1, 0.15) is 38.2 Å². The minimum Gasteiger partial charge on any atom is -0.357 e. The van der Waals surface area contributed by atoms with E-state index >= 15 is 0 Å². The Balaban J connectivity index is 1.58. The van der Waals surface area contributed by atoms with Crippen LogP contribution in [-0.4, -0.2) is 50.6 Å². The molecular weight excluding hydrogens is 332 g/mol. The predicted molar refractivity (Wildman–Crippen MR) is 107 cm³/mol. The van der Waals surface area contributed by atoms with Crippen LogP contribution in [0.5, 0.6) is 0 Å². The number of likely N-dealkylation sites (tertiary alicyclic amines) is 1. The molecule has 1 saturated carbocycles. The lowest BCUT2D eigenvalue weighted by molar-refractivity contribution is 0.210. The van der Waals surface area contributed by atoms with Gasteiger partial charge in [0.05, 0.1) is 6.54 Å². The van der Waals surface area contributed by atoms with Crippen molar-refractivity contribution in [3.8, 4) is 0 Å². The Morgan fingerprint density at radius 1 is 1.36 bits per heavy atom. The zero-order chi connectivity index (χ0) is 17.7. The Bertz CT molecular complexity index is 597. The summed E-state index contributed by atoms with van der Waals surface area (Å²) in [5.41, 5.74) is 1.52. The van der Waals surface area contributed by atoms with Crippen LogP contribution in [0.25, 0.3) is 0 Å². The van der Waals surface area contributed by atoms with Crippen LogP contribution in [0.3, 0.4) is 0 Å². The van der Waals surface area contributed by atoms with Crippen molar-refractivity contribution in [2.24, 2.45) is 10.9 Å². The summed E-state index contributed by atoms with van der Waals surface area (Å²) in [7, 11) is 2.22. The number of halogens is 1. The molecule has 1 aromatic carbocycles. The van der Waals surface area contributed by atoms with E-state index in [0.29, 0.717) is 5.92 Å². The van der Waals surface area contributed by atoms with Crippen molar-refractivity contribution in [3.63, 3.8) is 0 Å². The van der Waals surface area contributed by atoms with E-state index in [0.717, 1.165) is 30.6 Å². The average Bonchev–Trinajstić information content (AvgIpc) is 3.39. The smallest absolute Gasteiger partial charge is 0.191 e. The predicted octanol–water partition coefficient (Wildman–Crippen LogP) is 3.27. The summed E-state index contributed by atoms with van der Waals surface area (Å²) in [5.74, 6) is 1.66. The lowest BCUT2D eigenvalue weighted by atomic mass is 9.96. The molecule has 2 aliphatic rings. The molecule has 1 aliphatic heterocycles. The maximum atomic E-state index is 6.17. The van der Waals surface area contributed by atoms with Gasteiger partial charge in [0.1, 0.15) is 0 Å². The molecule has 1 aliphatic carbocycles. The van der Waals surface area contributed by atoms with Gasteiger partial charge >= 0.3 is 0 Å². The first-order valence-corrected chi connectivity index (χ1v) is 9.96. The second kappa shape index (κ2) is 8.41. The summed E-state index contributed by atoms with van der Waals surface area (Å²) in [5, 5.41) is 7.77. The summed E-state index contributed by atoms with van der Waals surface area (Å²) in [6.07, 6.45) is 5.00. The third-order valence-corrected chi connectivity index (χ3v) is 5.69. The lowest BCUT2D eigenvalue weighted by Gasteiger charge is -2.30. The van der Waals surface area contributed by atoms with Crippen molar-refractivity contribution in [1.82, 2.24) is 15.5 Å². The highest BCUT2D eigenvalue weighted by atomic mass is 35.5. The number of piperidine rings is 1. The Labute approximate surface area is 157 Å². The molecule has 138 valence electrons. The number of hydrogen-bond donors (Lipinski definition) is 2. The normalized spacial score (nSPS) is 23.3. The molecule has 1 unspecified atom stereocenters. The van der Waals surface area contributed by atoms with Gasteiger partial charge in [0, 0.05) is 30.1 Å². The van der Waals surface area contributed by atoms with Crippen LogP contribution < -0.4 is 10.6 Å². The van der Waals surface area contributed by atoms with E-state index in [4.69, 9.17) is 16.6 Å². The van der Waals surface area contributed by atoms with Crippen molar-refractivity contribution in [2.75, 3.05) is 39.8 Å². The quantitative estimate of drug-likeness (QED) is 0.602. The number of guanidine groups is 1. The molecule has 0 bridgehead atoms. The van der Waals surface area contributed by atoms with Gasteiger partial charge in [-0.2, -0.15) is 0 Å². The molecule has 0 aromatic heterocycles. The number of benzene rings is 1. The van der Waals surface area contributed by atoms with E-state index in [1.807, 2.05) is 12.1 Å². The number of nitrogens with zero attached hydrogens (tertiary/aromatic N) is 2. The number of nitrogens with one attached hydrogen (secondary N) is 2. The molecule has 1 saturated heterocycles. The van der Waals surface area contributed by atoms with Gasteiger partial charge in [-0.3, -0.25) is 4.99 Å². The third kappa shape index (κ3) is 5.11. The molecule has 25 heavy (non-hydrogen) atoms. The largest absolute Gasteiger partial charge is 0.357 e. The first kappa shape index (κ1) is 18.5. The fourth-order valence-corrected chi connectivity index (χ4v) is 3.95. The zero-order valence-electron chi connectivity index (χ0n) is 15.5. The van der Waals surface area contributed by atoms with Crippen LogP contribution >= 0.6 is 11.6 Å². The van der Waals surface area contributed by atoms with E-state index < -0.39 is 0 Å². The van der Waals surface area contributed by atoms with Crippen LogP contribution in [0.15, 0.2) is 29.3 Å². The number of hydrogen-bond acceptors (Lipinski definition) is 2. The van der Waals surface area contributed by atoms with Crippen molar-refractivity contribution >= 4 is 17.6 Å². The van der Waals surface area contributed by atoms with Gasteiger partial charge in [-0.05, 0) is 69.8 Å². The van der Waals surface area contributed by atoms with Gasteiger partial charge in [0.2, 0.25) is 0 Å². The fraction of sp³-hybridized carbons (Fsp3) is 0.650. The van der Waals surface area contributed by atoms with Crippen LogP contribution in [0, 0.1) is 5.92 Å². The topological polar surface area (TPSA) is 39.7 Å². The molecule has 1 atom stereocenters. The molecule has 0 amide bonds. The number of aliphatic imine (C=N–C) groups is 1. The van der Waals surface area contributed by atoms with Gasteiger partial charge in [-0.1, -0.05) is 23.7 Å². The summed E-state index contributed by atoms with van der Waals surface area (Å²) in [4.78, 5) is 7.32. The van der Waals surface area contributed by atoms with E-state index in [1.54, 1.807) is 0 Å². The highest BCUT2D eigenvalue weighted by molar-refractivity contribution is 6.30. The first-order valence-electron chi connectivity index (χ1n) is 9.58. The van der Waals surface area contributed by atoms with Crippen LogP contribution in [0.2, 0.25) is 5.02 Å². The van der Waals surface area contributed by atoms with E-state index in [2.05, 4.69) is 41.6 Å². The monoisotopic (exact) mass is 362 g/mol. The Kier molecular flexibility index (Phi) is 6.24. The van der Waals surface area contributed by atoms with Gasteiger partial charge in [0.25, 0.3) is 0 Å². The van der Waals surface area contributed by atoms with E-state index in [9.17, 15) is 0 Å². The van der Waals surface area contributed by atoms with Crippen molar-refractivity contribution in [2.45, 2.75) is 38.0 Å². The lowest BCUT2D eigenvalue weighted by Crippen LogP contribution is -2.43. The molecule has 1 aromatic rings. The van der Waals surface area contributed by atoms with Gasteiger partial charge in [-0.25, -0.2) is 0 Å². The fourth-order valence-electron chi connectivity index (χ4n) is 3.76. The maximum absolute atomic E-state index is 6.17. The first-order chi connectivity index (χ1) is 12.1. The van der Waals surface area contributed by atoms with Crippen molar-refractivity contribution < 1.29 is 0 Å². The Morgan fingerprint density at radius 3 is 2.88 bits per heavy atom. The molecular formula is C20H31ClN4. The van der Waals surface area contributed by atoms with Crippen LogP contribution in [-0.2, 0) is 5.41 Å². The molecule has 2 N–H and O–H groups in total. The zero-order valence-corrected chi connectivity index (χ0v) is 16.3. The van der Waals surface area contributed by atoms with Gasteiger partial charge < -0.3 is 15.5 Å². The molecule has 0 spiro atoms. The Hall–Kier alpha value is -1.26. The standard InChI is InChI=1S/C20H31ClN4/c1-3-22-19(23-13-16-6-5-11-25(2)14-16)24-15-20(9-10-20)17-7-4-8-18(21)12-17/h4,7-8,12,16H,3,5-6,9-11,13-15H2,1-2H3,(H2,22,23,24). The second-order valence-electron chi connectivity index (χ2n) is 7.64. The third-order valence-electron chi connectivity index (χ3n) is 5.45. The van der Waals surface area contributed by atoms with Gasteiger partial charge in [-0.15, -0.1) is 0 Å². The summed E-state index contributed by atoms with van der Waals surface area (Å²) < 4.78 is 0. The average molecular weight is 363 g/mol. The minimum absolute atomic E-state index is 0.193. The molecule has 1 heterocycles. The maximum Gasteiger partial charge on any atom is 0.191 e.